The van der Waals surface area contributed by atoms with E-state index < -0.39 is 22.5 Å². The molecule has 0 bridgehead atoms. The molecule has 0 amide bonds. The summed E-state index contributed by atoms with van der Waals surface area (Å²) < 4.78 is 6.45. The molecular formula is C15H18BrNO5. The van der Waals surface area contributed by atoms with Crippen LogP contribution in [0.1, 0.15) is 60.0 Å². The van der Waals surface area contributed by atoms with Crippen LogP contribution in [0.3, 0.4) is 0 Å². The number of aromatic nitrogens is 1. The first kappa shape index (κ1) is 16.7. The summed E-state index contributed by atoms with van der Waals surface area (Å²) in [5, 5.41) is 9.33. The summed E-state index contributed by atoms with van der Waals surface area (Å²) in [5.74, 6) is -1.53. The van der Waals surface area contributed by atoms with Crippen LogP contribution in [-0.2, 0) is 11.2 Å². The predicted octanol–water partition coefficient (Wildman–Crippen LogP) is 3.25. The van der Waals surface area contributed by atoms with Crippen LogP contribution in [0.4, 0.5) is 4.79 Å². The largest absolute Gasteiger partial charge is 0.478 e. The molecule has 1 aromatic rings. The molecule has 6 nitrogen and oxygen atoms in total. The smallest absolute Gasteiger partial charge is 0.418 e. The molecule has 0 spiro atoms. The van der Waals surface area contributed by atoms with Gasteiger partial charge in [-0.3, -0.25) is 9.36 Å². The zero-order valence-corrected chi connectivity index (χ0v) is 14.3. The highest BCUT2D eigenvalue weighted by Gasteiger charge is 2.34. The molecule has 2 rings (SSSR count). The monoisotopic (exact) mass is 371 g/mol. The molecule has 0 saturated carbocycles. The molecule has 7 heteroatoms. The molecular weight excluding hydrogens is 354 g/mol. The van der Waals surface area contributed by atoms with Gasteiger partial charge in [-0.25, -0.2) is 9.59 Å². The third-order valence-electron chi connectivity index (χ3n) is 3.33. The van der Waals surface area contributed by atoms with Gasteiger partial charge in [-0.1, -0.05) is 15.9 Å². The number of halogens is 1. The predicted molar refractivity (Wildman–Crippen MR) is 83.0 cm³/mol. The first-order valence-electron chi connectivity index (χ1n) is 7.01. The molecule has 22 heavy (non-hydrogen) atoms. The van der Waals surface area contributed by atoms with Crippen LogP contribution in [-0.4, -0.2) is 37.9 Å². The van der Waals surface area contributed by atoms with Gasteiger partial charge in [-0.05, 0) is 40.0 Å². The topological polar surface area (TPSA) is 85.6 Å². The van der Waals surface area contributed by atoms with E-state index in [1.54, 1.807) is 20.8 Å². The molecule has 0 radical (unpaired) electrons. The van der Waals surface area contributed by atoms with E-state index >= 15 is 0 Å². The minimum absolute atomic E-state index is 0.109. The Hall–Kier alpha value is -1.63. The average molecular weight is 372 g/mol. The lowest BCUT2D eigenvalue weighted by Gasteiger charge is -2.20. The Bertz CT molecular complexity index is 641. The summed E-state index contributed by atoms with van der Waals surface area (Å²) >= 11 is 3.28. The quantitative estimate of drug-likeness (QED) is 0.604. The third-order valence-corrected chi connectivity index (χ3v) is 4.20. The zero-order valence-electron chi connectivity index (χ0n) is 12.7. The second kappa shape index (κ2) is 5.87. The fraction of sp³-hybridized carbons (Fsp3) is 0.533. The number of Topliss-reactive ketones (excluding diaryl/α,β-unsaturated/α-hetero) is 1. The Morgan fingerprint density at radius 2 is 2.05 bits per heavy atom. The molecule has 1 aliphatic rings. The van der Waals surface area contributed by atoms with E-state index in [1.165, 1.54) is 6.20 Å². The molecule has 0 aromatic carbocycles. The maximum absolute atomic E-state index is 12.4. The van der Waals surface area contributed by atoms with Gasteiger partial charge in [-0.2, -0.15) is 0 Å². The number of hydrogen-bond acceptors (Lipinski definition) is 4. The Kier molecular flexibility index (Phi) is 4.47. The van der Waals surface area contributed by atoms with Crippen molar-refractivity contribution in [3.63, 3.8) is 0 Å². The van der Waals surface area contributed by atoms with Crippen molar-refractivity contribution in [3.8, 4) is 0 Å². The first-order valence-corrected chi connectivity index (χ1v) is 7.92. The number of carboxylic acids is 1. The van der Waals surface area contributed by atoms with Gasteiger partial charge in [0, 0.05) is 11.9 Å². The SMILES string of the molecule is CC(C)(C)OC(=O)n1cc(C(=O)O)c2c1CCCC(Br)C2=O. The number of carbonyl (C=O) groups excluding carboxylic acids is 2. The van der Waals surface area contributed by atoms with Crippen LogP contribution < -0.4 is 0 Å². The number of ketones is 1. The van der Waals surface area contributed by atoms with Crippen LogP contribution in [0.2, 0.25) is 0 Å². The number of carbonyl (C=O) groups is 3. The van der Waals surface area contributed by atoms with E-state index in [4.69, 9.17) is 4.74 Å². The Balaban J connectivity index is 2.56. The summed E-state index contributed by atoms with van der Waals surface area (Å²) in [6, 6.07) is 0. The van der Waals surface area contributed by atoms with E-state index in [1.807, 2.05) is 0 Å². The van der Waals surface area contributed by atoms with E-state index in [-0.39, 0.29) is 16.9 Å². The number of ether oxygens (including phenoxy) is 1. The first-order chi connectivity index (χ1) is 10.1. The highest BCUT2D eigenvalue weighted by molar-refractivity contribution is 9.10. The highest BCUT2D eigenvalue weighted by atomic mass is 79.9. The molecule has 1 atom stereocenters. The van der Waals surface area contributed by atoms with Crippen molar-refractivity contribution < 1.29 is 24.2 Å². The maximum Gasteiger partial charge on any atom is 0.418 e. The highest BCUT2D eigenvalue weighted by Crippen LogP contribution is 2.29. The number of nitrogens with zero attached hydrogens (tertiary/aromatic N) is 1. The van der Waals surface area contributed by atoms with Gasteiger partial charge in [0.25, 0.3) is 0 Å². The van der Waals surface area contributed by atoms with E-state index in [0.29, 0.717) is 25.0 Å². The molecule has 0 fully saturated rings. The van der Waals surface area contributed by atoms with E-state index in [9.17, 15) is 19.5 Å². The summed E-state index contributed by atoms with van der Waals surface area (Å²) in [6.45, 7) is 5.18. The lowest BCUT2D eigenvalue weighted by molar-refractivity contribution is 0.0533. The summed E-state index contributed by atoms with van der Waals surface area (Å²) in [5.41, 5.74) is -0.335. The second-order valence-electron chi connectivity index (χ2n) is 6.24. The lowest BCUT2D eigenvalue weighted by Crippen LogP contribution is -2.28. The van der Waals surface area contributed by atoms with Crippen molar-refractivity contribution in [2.75, 3.05) is 0 Å². The number of fused-ring (bicyclic) bond motifs is 1. The average Bonchev–Trinajstić information content (AvgIpc) is 2.69. The molecule has 120 valence electrons. The number of alkyl halides is 1. The maximum atomic E-state index is 12.4. The van der Waals surface area contributed by atoms with Crippen molar-refractivity contribution in [1.29, 1.82) is 0 Å². The lowest BCUT2D eigenvalue weighted by atomic mass is 10.0. The molecule has 1 heterocycles. The zero-order chi connectivity index (χ0) is 16.7. The molecule has 0 aliphatic heterocycles. The second-order valence-corrected chi connectivity index (χ2v) is 7.35. The van der Waals surface area contributed by atoms with Crippen LogP contribution in [0.25, 0.3) is 0 Å². The molecule has 0 saturated heterocycles. The van der Waals surface area contributed by atoms with Gasteiger partial charge in [0.1, 0.15) is 5.60 Å². The van der Waals surface area contributed by atoms with Crippen LogP contribution in [0, 0.1) is 0 Å². The Labute approximate surface area is 136 Å². The van der Waals surface area contributed by atoms with Gasteiger partial charge in [0.05, 0.1) is 16.0 Å². The van der Waals surface area contributed by atoms with Crippen molar-refractivity contribution >= 4 is 33.8 Å². The fourth-order valence-electron chi connectivity index (χ4n) is 2.44. The fourth-order valence-corrected chi connectivity index (χ4v) is 2.99. The standard InChI is InChI=1S/C15H18BrNO5/c1-15(2,3)22-14(21)17-7-8(13(19)20)11-10(17)6-4-5-9(16)12(11)18/h7,9H,4-6H2,1-3H3,(H,19,20). The molecule has 1 aromatic heterocycles. The van der Waals surface area contributed by atoms with Gasteiger partial charge in [0.15, 0.2) is 5.78 Å². The number of aromatic carboxylic acids is 1. The van der Waals surface area contributed by atoms with E-state index in [0.717, 1.165) is 4.57 Å². The van der Waals surface area contributed by atoms with Gasteiger partial charge >= 0.3 is 12.1 Å². The van der Waals surface area contributed by atoms with Crippen molar-refractivity contribution in [2.45, 2.75) is 50.5 Å². The minimum atomic E-state index is -1.23. The molecule has 1 N–H and O–H groups in total. The van der Waals surface area contributed by atoms with E-state index in [2.05, 4.69) is 15.9 Å². The van der Waals surface area contributed by atoms with Gasteiger partial charge in [-0.15, -0.1) is 0 Å². The number of rotatable bonds is 1. The Morgan fingerprint density at radius 1 is 1.41 bits per heavy atom. The number of carboxylic acid groups (broad SMARTS) is 1. The van der Waals surface area contributed by atoms with Crippen LogP contribution in [0.5, 0.6) is 0 Å². The van der Waals surface area contributed by atoms with Gasteiger partial charge in [0.2, 0.25) is 0 Å². The summed E-state index contributed by atoms with van der Waals surface area (Å²) in [6.07, 6.45) is 2.25. The molecule has 1 unspecified atom stereocenters. The molecule has 1 aliphatic carbocycles. The van der Waals surface area contributed by atoms with Crippen LogP contribution in [0.15, 0.2) is 6.20 Å². The van der Waals surface area contributed by atoms with Crippen molar-refractivity contribution in [2.24, 2.45) is 0 Å². The minimum Gasteiger partial charge on any atom is -0.478 e. The normalized spacial score (nSPS) is 18.5. The van der Waals surface area contributed by atoms with Crippen molar-refractivity contribution in [1.82, 2.24) is 4.57 Å². The van der Waals surface area contributed by atoms with Gasteiger partial charge < -0.3 is 9.84 Å². The van der Waals surface area contributed by atoms with Crippen molar-refractivity contribution in [3.05, 3.63) is 23.0 Å². The summed E-state index contributed by atoms with van der Waals surface area (Å²) in [4.78, 5) is 35.7. The van der Waals surface area contributed by atoms with Crippen LogP contribution >= 0.6 is 15.9 Å². The summed E-state index contributed by atoms with van der Waals surface area (Å²) in [7, 11) is 0. The number of hydrogen-bond donors (Lipinski definition) is 1. The Morgan fingerprint density at radius 3 is 2.59 bits per heavy atom. The third kappa shape index (κ3) is 3.24.